The van der Waals surface area contributed by atoms with Gasteiger partial charge in [0.05, 0.1) is 6.54 Å². The summed E-state index contributed by atoms with van der Waals surface area (Å²) in [4.78, 5) is 13.0. The number of nitrogens with one attached hydrogen (secondary N) is 1. The molecule has 1 aromatic rings. The molecule has 1 atom stereocenters. The van der Waals surface area contributed by atoms with E-state index in [2.05, 4.69) is 39.1 Å². The summed E-state index contributed by atoms with van der Waals surface area (Å²) < 4.78 is 1.13. The van der Waals surface area contributed by atoms with E-state index in [-0.39, 0.29) is 12.1 Å². The maximum Gasteiger partial charge on any atom is 0.317 e. The lowest BCUT2D eigenvalue weighted by molar-refractivity contribution is -0.136. The second-order valence-corrected chi connectivity index (χ2v) is 6.21. The summed E-state index contributed by atoms with van der Waals surface area (Å²) >= 11 is 3.56. The van der Waals surface area contributed by atoms with Crippen molar-refractivity contribution >= 4 is 21.9 Å². The molecule has 104 valence electrons. The molecule has 1 aliphatic heterocycles. The molecule has 0 saturated carbocycles. The lowest BCUT2D eigenvalue weighted by Gasteiger charge is -2.25. The zero-order valence-corrected chi connectivity index (χ0v) is 12.6. The lowest BCUT2D eigenvalue weighted by atomic mass is 10.0. The number of rotatable bonds is 5. The van der Waals surface area contributed by atoms with Gasteiger partial charge >= 0.3 is 5.97 Å². The molecule has 4 nitrogen and oxygen atoms in total. The first kappa shape index (κ1) is 14.5. The molecule has 1 aliphatic rings. The first-order chi connectivity index (χ1) is 8.98. The molecule has 1 saturated heterocycles. The minimum absolute atomic E-state index is 0.0272. The van der Waals surface area contributed by atoms with E-state index in [1.807, 2.05) is 18.2 Å². The van der Waals surface area contributed by atoms with Crippen molar-refractivity contribution in [2.75, 3.05) is 19.6 Å². The highest BCUT2D eigenvalue weighted by molar-refractivity contribution is 9.10. The van der Waals surface area contributed by atoms with Crippen LogP contribution < -0.4 is 5.32 Å². The first-order valence-electron chi connectivity index (χ1n) is 6.41. The van der Waals surface area contributed by atoms with E-state index in [9.17, 15) is 4.79 Å². The van der Waals surface area contributed by atoms with E-state index in [1.165, 1.54) is 5.56 Å². The third kappa shape index (κ3) is 4.03. The standard InChI is InChI=1S/C14H19BrN2O2/c1-14(16-8-13(18)19)6-7-17(10-14)9-11-4-2-3-5-12(11)15/h2-5,16H,6-10H2,1H3,(H,18,19)/t14-/m1/s1. The van der Waals surface area contributed by atoms with Gasteiger partial charge in [-0.25, -0.2) is 0 Å². The number of hydrogen-bond donors (Lipinski definition) is 2. The fraction of sp³-hybridized carbons (Fsp3) is 0.500. The summed E-state index contributed by atoms with van der Waals surface area (Å²) in [6.45, 7) is 4.88. The number of likely N-dealkylation sites (tertiary alicyclic amines) is 1. The number of nitrogens with zero attached hydrogens (tertiary/aromatic N) is 1. The first-order valence-corrected chi connectivity index (χ1v) is 7.20. The largest absolute Gasteiger partial charge is 0.480 e. The van der Waals surface area contributed by atoms with Gasteiger partial charge in [-0.15, -0.1) is 0 Å². The Hall–Kier alpha value is -0.910. The fourth-order valence-corrected chi connectivity index (χ4v) is 2.90. The summed E-state index contributed by atoms with van der Waals surface area (Å²) in [5, 5.41) is 11.9. The summed E-state index contributed by atoms with van der Waals surface area (Å²) in [5.41, 5.74) is 1.17. The van der Waals surface area contributed by atoms with Crippen LogP contribution in [0.15, 0.2) is 28.7 Å². The SMILES string of the molecule is C[C@@]1(NCC(=O)O)CCN(Cc2ccccc2Br)C1. The molecular weight excluding hydrogens is 308 g/mol. The predicted molar refractivity (Wildman–Crippen MR) is 78.1 cm³/mol. The molecule has 0 aliphatic carbocycles. The summed E-state index contributed by atoms with van der Waals surface area (Å²) in [5.74, 6) is -0.800. The number of halogens is 1. The van der Waals surface area contributed by atoms with Crippen LogP contribution in [0.5, 0.6) is 0 Å². The van der Waals surface area contributed by atoms with E-state index in [0.717, 1.165) is 30.5 Å². The number of hydrogen-bond acceptors (Lipinski definition) is 3. The maximum atomic E-state index is 10.6. The zero-order valence-electron chi connectivity index (χ0n) is 11.0. The van der Waals surface area contributed by atoms with Crippen LogP contribution in [0.25, 0.3) is 0 Å². The maximum absolute atomic E-state index is 10.6. The number of carbonyl (C=O) groups is 1. The highest BCUT2D eigenvalue weighted by atomic mass is 79.9. The summed E-state index contributed by atoms with van der Waals surface area (Å²) in [6.07, 6.45) is 0.977. The number of carboxylic acid groups (broad SMARTS) is 1. The van der Waals surface area contributed by atoms with Crippen LogP contribution in [-0.4, -0.2) is 41.1 Å². The normalized spacial score (nSPS) is 23.7. The van der Waals surface area contributed by atoms with Crippen molar-refractivity contribution in [2.24, 2.45) is 0 Å². The molecular formula is C14H19BrN2O2. The molecule has 0 bridgehead atoms. The molecule has 1 aromatic carbocycles. The van der Waals surface area contributed by atoms with Gasteiger partial charge in [-0.3, -0.25) is 9.69 Å². The van der Waals surface area contributed by atoms with Gasteiger partial charge in [-0.2, -0.15) is 0 Å². The van der Waals surface area contributed by atoms with Gasteiger partial charge in [0, 0.05) is 29.6 Å². The summed E-state index contributed by atoms with van der Waals surface area (Å²) in [6, 6.07) is 8.21. The van der Waals surface area contributed by atoms with Gasteiger partial charge in [0.2, 0.25) is 0 Å². The monoisotopic (exact) mass is 326 g/mol. The van der Waals surface area contributed by atoms with Gasteiger partial charge in [-0.05, 0) is 25.0 Å². The van der Waals surface area contributed by atoms with Gasteiger partial charge in [0.15, 0.2) is 0 Å². The number of benzene rings is 1. The van der Waals surface area contributed by atoms with Crippen LogP contribution in [-0.2, 0) is 11.3 Å². The molecule has 5 heteroatoms. The second-order valence-electron chi connectivity index (χ2n) is 5.36. The quantitative estimate of drug-likeness (QED) is 0.870. The topological polar surface area (TPSA) is 52.6 Å². The van der Waals surface area contributed by atoms with Crippen LogP contribution in [0.2, 0.25) is 0 Å². The van der Waals surface area contributed by atoms with Crippen molar-refractivity contribution < 1.29 is 9.90 Å². The van der Waals surface area contributed by atoms with Gasteiger partial charge in [-0.1, -0.05) is 34.1 Å². The Bertz CT molecular complexity index is 467. The fourth-order valence-electron chi connectivity index (χ4n) is 2.49. The Morgan fingerprint density at radius 1 is 1.53 bits per heavy atom. The molecule has 2 rings (SSSR count). The Morgan fingerprint density at radius 3 is 2.95 bits per heavy atom. The smallest absolute Gasteiger partial charge is 0.317 e. The highest BCUT2D eigenvalue weighted by Gasteiger charge is 2.33. The summed E-state index contributed by atoms with van der Waals surface area (Å²) in [7, 11) is 0. The third-order valence-corrected chi connectivity index (χ3v) is 4.34. The molecule has 0 unspecified atom stereocenters. The second kappa shape index (κ2) is 6.03. The Morgan fingerprint density at radius 2 is 2.26 bits per heavy atom. The molecule has 1 fully saturated rings. The molecule has 2 N–H and O–H groups in total. The van der Waals surface area contributed by atoms with E-state index < -0.39 is 5.97 Å². The minimum atomic E-state index is -0.800. The molecule has 19 heavy (non-hydrogen) atoms. The number of aliphatic carboxylic acids is 1. The average Bonchev–Trinajstić information content (AvgIpc) is 2.72. The highest BCUT2D eigenvalue weighted by Crippen LogP contribution is 2.24. The number of carboxylic acids is 1. The van der Waals surface area contributed by atoms with Crippen molar-refractivity contribution in [1.29, 1.82) is 0 Å². The van der Waals surface area contributed by atoms with Crippen molar-refractivity contribution in [3.63, 3.8) is 0 Å². The van der Waals surface area contributed by atoms with Gasteiger partial charge < -0.3 is 10.4 Å². The molecule has 0 spiro atoms. The van der Waals surface area contributed by atoms with E-state index >= 15 is 0 Å². The van der Waals surface area contributed by atoms with E-state index in [4.69, 9.17) is 5.11 Å². The van der Waals surface area contributed by atoms with Crippen molar-refractivity contribution in [3.8, 4) is 0 Å². The molecule has 0 radical (unpaired) electrons. The van der Waals surface area contributed by atoms with Crippen molar-refractivity contribution in [1.82, 2.24) is 10.2 Å². The molecule has 1 heterocycles. The van der Waals surface area contributed by atoms with Crippen LogP contribution in [0.4, 0.5) is 0 Å². The van der Waals surface area contributed by atoms with Crippen LogP contribution >= 0.6 is 15.9 Å². The van der Waals surface area contributed by atoms with Crippen molar-refractivity contribution in [2.45, 2.75) is 25.4 Å². The average molecular weight is 327 g/mol. The Kier molecular flexibility index (Phi) is 4.60. The van der Waals surface area contributed by atoms with E-state index in [1.54, 1.807) is 0 Å². The minimum Gasteiger partial charge on any atom is -0.480 e. The van der Waals surface area contributed by atoms with Crippen molar-refractivity contribution in [3.05, 3.63) is 34.3 Å². The lowest BCUT2D eigenvalue weighted by Crippen LogP contribution is -2.46. The van der Waals surface area contributed by atoms with Gasteiger partial charge in [0.25, 0.3) is 0 Å². The van der Waals surface area contributed by atoms with Crippen LogP contribution in [0, 0.1) is 0 Å². The van der Waals surface area contributed by atoms with Crippen LogP contribution in [0.3, 0.4) is 0 Å². The Balaban J connectivity index is 1.91. The zero-order chi connectivity index (χ0) is 13.9. The third-order valence-electron chi connectivity index (χ3n) is 3.57. The Labute approximate surface area is 121 Å². The van der Waals surface area contributed by atoms with E-state index in [0.29, 0.717) is 0 Å². The molecule has 0 amide bonds. The molecule has 0 aromatic heterocycles. The predicted octanol–water partition coefficient (Wildman–Crippen LogP) is 2.09. The van der Waals surface area contributed by atoms with Gasteiger partial charge in [0.1, 0.15) is 0 Å². The van der Waals surface area contributed by atoms with Crippen LogP contribution in [0.1, 0.15) is 18.9 Å².